The van der Waals surface area contributed by atoms with Gasteiger partial charge in [-0.15, -0.1) is 0 Å². The van der Waals surface area contributed by atoms with Gasteiger partial charge in [-0.05, 0) is 38.0 Å². The Bertz CT molecular complexity index is 215. The molecule has 0 saturated carbocycles. The highest BCUT2D eigenvalue weighted by molar-refractivity contribution is 5.76. The highest BCUT2D eigenvalue weighted by atomic mass is 16.5. The molecule has 2 atom stereocenters. The van der Waals surface area contributed by atoms with Crippen molar-refractivity contribution in [3.8, 4) is 0 Å². The summed E-state index contributed by atoms with van der Waals surface area (Å²) in [5.41, 5.74) is 0. The SMILES string of the molecule is CCC(CCO)NC(=O)CCC1CCCOC1. The van der Waals surface area contributed by atoms with Crippen molar-refractivity contribution in [2.75, 3.05) is 19.8 Å². The number of carbonyl (C=O) groups is 1. The van der Waals surface area contributed by atoms with E-state index in [2.05, 4.69) is 5.32 Å². The number of nitrogens with one attached hydrogen (secondary N) is 1. The van der Waals surface area contributed by atoms with Gasteiger partial charge < -0.3 is 15.2 Å². The van der Waals surface area contributed by atoms with E-state index in [1.165, 1.54) is 6.42 Å². The summed E-state index contributed by atoms with van der Waals surface area (Å²) in [5, 5.41) is 11.8. The van der Waals surface area contributed by atoms with E-state index in [1.54, 1.807) is 0 Å². The molecule has 17 heavy (non-hydrogen) atoms. The molecule has 4 nitrogen and oxygen atoms in total. The fourth-order valence-electron chi connectivity index (χ4n) is 2.20. The lowest BCUT2D eigenvalue weighted by Crippen LogP contribution is -2.35. The zero-order chi connectivity index (χ0) is 12.5. The van der Waals surface area contributed by atoms with E-state index in [1.807, 2.05) is 6.92 Å². The Morgan fingerprint density at radius 1 is 1.59 bits per heavy atom. The van der Waals surface area contributed by atoms with Gasteiger partial charge in [-0.3, -0.25) is 4.79 Å². The molecule has 0 aromatic rings. The van der Waals surface area contributed by atoms with E-state index in [0.29, 0.717) is 18.8 Å². The Balaban J connectivity index is 2.14. The summed E-state index contributed by atoms with van der Waals surface area (Å²) >= 11 is 0. The average molecular weight is 243 g/mol. The first-order valence-corrected chi connectivity index (χ1v) is 6.74. The molecule has 100 valence electrons. The number of hydrogen-bond acceptors (Lipinski definition) is 3. The smallest absolute Gasteiger partial charge is 0.220 e. The number of ether oxygens (including phenoxy) is 1. The predicted octanol–water partition coefficient (Wildman–Crippen LogP) is 1.47. The third-order valence-corrected chi connectivity index (χ3v) is 3.37. The van der Waals surface area contributed by atoms with Crippen molar-refractivity contribution in [1.29, 1.82) is 0 Å². The molecule has 1 fully saturated rings. The van der Waals surface area contributed by atoms with Gasteiger partial charge in [0.2, 0.25) is 5.91 Å². The minimum Gasteiger partial charge on any atom is -0.396 e. The van der Waals surface area contributed by atoms with Crippen LogP contribution >= 0.6 is 0 Å². The van der Waals surface area contributed by atoms with Gasteiger partial charge in [0.25, 0.3) is 0 Å². The molecule has 1 rings (SSSR count). The van der Waals surface area contributed by atoms with E-state index >= 15 is 0 Å². The van der Waals surface area contributed by atoms with Gasteiger partial charge in [0.1, 0.15) is 0 Å². The maximum absolute atomic E-state index is 11.7. The van der Waals surface area contributed by atoms with Gasteiger partial charge >= 0.3 is 0 Å². The summed E-state index contributed by atoms with van der Waals surface area (Å²) in [5.74, 6) is 0.656. The second-order valence-electron chi connectivity index (χ2n) is 4.81. The van der Waals surface area contributed by atoms with Crippen LogP contribution in [0, 0.1) is 5.92 Å². The molecule has 0 aromatic carbocycles. The lowest BCUT2D eigenvalue weighted by atomic mass is 9.96. The largest absolute Gasteiger partial charge is 0.396 e. The number of carbonyl (C=O) groups excluding carboxylic acids is 1. The van der Waals surface area contributed by atoms with Gasteiger partial charge in [-0.25, -0.2) is 0 Å². The Hall–Kier alpha value is -0.610. The Morgan fingerprint density at radius 2 is 2.41 bits per heavy atom. The third-order valence-electron chi connectivity index (χ3n) is 3.37. The molecule has 2 unspecified atom stereocenters. The average Bonchev–Trinajstić information content (AvgIpc) is 2.37. The maximum atomic E-state index is 11.7. The van der Waals surface area contributed by atoms with Crippen LogP contribution in [-0.4, -0.2) is 36.9 Å². The Kier molecular flexibility index (Phi) is 7.21. The Labute approximate surface area is 104 Å². The van der Waals surface area contributed by atoms with Crippen molar-refractivity contribution in [1.82, 2.24) is 5.32 Å². The number of aliphatic hydroxyl groups excluding tert-OH is 1. The second kappa shape index (κ2) is 8.48. The lowest BCUT2D eigenvalue weighted by molar-refractivity contribution is -0.122. The minimum atomic E-state index is 0.107. The molecule has 1 amide bonds. The normalized spacial score (nSPS) is 22.1. The first-order chi connectivity index (χ1) is 8.26. The van der Waals surface area contributed by atoms with Crippen LogP contribution in [0.5, 0.6) is 0 Å². The van der Waals surface area contributed by atoms with Crippen LogP contribution in [-0.2, 0) is 9.53 Å². The number of hydrogen-bond donors (Lipinski definition) is 2. The van der Waals surface area contributed by atoms with Crippen molar-refractivity contribution < 1.29 is 14.6 Å². The lowest BCUT2D eigenvalue weighted by Gasteiger charge is -2.22. The zero-order valence-electron chi connectivity index (χ0n) is 10.8. The second-order valence-corrected chi connectivity index (χ2v) is 4.81. The summed E-state index contributed by atoms with van der Waals surface area (Å²) < 4.78 is 5.39. The molecule has 0 bridgehead atoms. The van der Waals surface area contributed by atoms with E-state index in [4.69, 9.17) is 9.84 Å². The quantitative estimate of drug-likeness (QED) is 0.712. The summed E-state index contributed by atoms with van der Waals surface area (Å²) in [6.07, 6.45) is 5.32. The van der Waals surface area contributed by atoms with Crippen LogP contribution in [0.2, 0.25) is 0 Å². The van der Waals surface area contributed by atoms with Crippen LogP contribution in [0.3, 0.4) is 0 Å². The van der Waals surface area contributed by atoms with Crippen LogP contribution < -0.4 is 5.32 Å². The maximum Gasteiger partial charge on any atom is 0.220 e. The van der Waals surface area contributed by atoms with Crippen molar-refractivity contribution in [2.24, 2.45) is 5.92 Å². The number of rotatable bonds is 7. The predicted molar refractivity (Wildman–Crippen MR) is 66.7 cm³/mol. The molecule has 0 radical (unpaired) electrons. The molecule has 2 N–H and O–H groups in total. The van der Waals surface area contributed by atoms with Gasteiger partial charge in [0, 0.05) is 32.3 Å². The number of aliphatic hydroxyl groups is 1. The molecular formula is C13H25NO3. The number of amides is 1. The van der Waals surface area contributed by atoms with Gasteiger partial charge in [-0.1, -0.05) is 6.92 Å². The van der Waals surface area contributed by atoms with Gasteiger partial charge in [0.15, 0.2) is 0 Å². The fraction of sp³-hybridized carbons (Fsp3) is 0.923. The van der Waals surface area contributed by atoms with E-state index in [9.17, 15) is 4.79 Å². The molecule has 1 aliphatic heterocycles. The molecule has 0 spiro atoms. The molecule has 1 saturated heterocycles. The van der Waals surface area contributed by atoms with Crippen molar-refractivity contribution >= 4 is 5.91 Å². The van der Waals surface area contributed by atoms with Crippen LogP contribution in [0.25, 0.3) is 0 Å². The fourth-order valence-corrected chi connectivity index (χ4v) is 2.20. The van der Waals surface area contributed by atoms with Crippen LogP contribution in [0.1, 0.15) is 45.4 Å². The van der Waals surface area contributed by atoms with Crippen molar-refractivity contribution in [3.63, 3.8) is 0 Å². The minimum absolute atomic E-state index is 0.107. The molecule has 4 heteroatoms. The summed E-state index contributed by atoms with van der Waals surface area (Å²) in [6.45, 7) is 3.84. The van der Waals surface area contributed by atoms with E-state index in [-0.39, 0.29) is 18.6 Å². The first kappa shape index (κ1) is 14.5. The molecular weight excluding hydrogens is 218 g/mol. The van der Waals surface area contributed by atoms with Gasteiger partial charge in [0.05, 0.1) is 0 Å². The first-order valence-electron chi connectivity index (χ1n) is 6.74. The molecule has 1 aliphatic rings. The molecule has 0 aromatic heterocycles. The third kappa shape index (κ3) is 6.03. The van der Waals surface area contributed by atoms with E-state index < -0.39 is 0 Å². The van der Waals surface area contributed by atoms with Crippen LogP contribution in [0.15, 0.2) is 0 Å². The Morgan fingerprint density at radius 3 is 3.00 bits per heavy atom. The standard InChI is InChI=1S/C13H25NO3/c1-2-12(7-8-15)14-13(16)6-5-11-4-3-9-17-10-11/h11-12,15H,2-10H2,1H3,(H,14,16). The topological polar surface area (TPSA) is 58.6 Å². The highest BCUT2D eigenvalue weighted by Gasteiger charge is 2.16. The van der Waals surface area contributed by atoms with Crippen molar-refractivity contribution in [3.05, 3.63) is 0 Å². The van der Waals surface area contributed by atoms with Crippen LogP contribution in [0.4, 0.5) is 0 Å². The summed E-state index contributed by atoms with van der Waals surface area (Å²) in [4.78, 5) is 11.7. The highest BCUT2D eigenvalue weighted by Crippen LogP contribution is 2.18. The van der Waals surface area contributed by atoms with Gasteiger partial charge in [-0.2, -0.15) is 0 Å². The van der Waals surface area contributed by atoms with Crippen molar-refractivity contribution in [2.45, 2.75) is 51.5 Å². The molecule has 0 aliphatic carbocycles. The summed E-state index contributed by atoms with van der Waals surface area (Å²) in [7, 11) is 0. The zero-order valence-corrected chi connectivity index (χ0v) is 10.8. The molecule has 1 heterocycles. The summed E-state index contributed by atoms with van der Waals surface area (Å²) in [6, 6.07) is 0.120. The van der Waals surface area contributed by atoms with E-state index in [0.717, 1.165) is 32.5 Å². The monoisotopic (exact) mass is 243 g/mol.